The molecule has 0 aromatic heterocycles. The molecule has 0 aliphatic heterocycles. The number of unbranched alkanes of at least 4 members (excludes halogenated alkanes) is 15. The lowest BCUT2D eigenvalue weighted by molar-refractivity contribution is -0.870. The Hall–Kier alpha value is -1.28. The van der Waals surface area contributed by atoms with Crippen molar-refractivity contribution < 1.29 is 32.9 Å². The number of carbonyl (C=O) groups is 1. The molecule has 9 heteroatoms. The van der Waals surface area contributed by atoms with Crippen LogP contribution in [0, 0.1) is 0 Å². The summed E-state index contributed by atoms with van der Waals surface area (Å²) >= 11 is 0. The van der Waals surface area contributed by atoms with E-state index in [0.717, 1.165) is 57.8 Å². The van der Waals surface area contributed by atoms with Crippen LogP contribution in [0.1, 0.15) is 142 Å². The smallest absolute Gasteiger partial charge is 0.268 e. The molecule has 3 atom stereocenters. The zero-order valence-electron chi connectivity index (χ0n) is 30.3. The molecule has 46 heavy (non-hydrogen) atoms. The number of amides is 1. The van der Waals surface area contributed by atoms with Gasteiger partial charge in [-0.2, -0.15) is 0 Å². The summed E-state index contributed by atoms with van der Waals surface area (Å²) in [4.78, 5) is 25.1. The van der Waals surface area contributed by atoms with E-state index in [1.54, 1.807) is 6.08 Å². The molecule has 0 saturated heterocycles. The first-order chi connectivity index (χ1) is 22.0. The molecule has 0 aliphatic carbocycles. The number of nitrogens with one attached hydrogen (secondary N) is 1. The van der Waals surface area contributed by atoms with Crippen LogP contribution in [-0.2, 0) is 18.4 Å². The number of quaternary nitrogens is 1. The molecule has 0 rings (SSSR count). The number of phosphoric ester groups is 1. The molecular formula is C37H71N2O6P. The zero-order chi connectivity index (χ0) is 34.4. The van der Waals surface area contributed by atoms with Gasteiger partial charge in [0.05, 0.1) is 39.9 Å². The van der Waals surface area contributed by atoms with E-state index in [0.29, 0.717) is 17.4 Å². The van der Waals surface area contributed by atoms with Gasteiger partial charge in [0.1, 0.15) is 13.2 Å². The highest BCUT2D eigenvalue weighted by atomic mass is 31.2. The van der Waals surface area contributed by atoms with Crippen LogP contribution >= 0.6 is 7.82 Å². The first-order valence-electron chi connectivity index (χ1n) is 18.4. The molecule has 0 saturated carbocycles. The second-order valence-corrected chi connectivity index (χ2v) is 15.0. The van der Waals surface area contributed by atoms with Crippen LogP contribution in [0.15, 0.2) is 36.5 Å². The Morgan fingerprint density at radius 1 is 0.739 bits per heavy atom. The molecule has 1 amide bonds. The number of allylic oxidation sites excluding steroid dienone is 5. The summed E-state index contributed by atoms with van der Waals surface area (Å²) in [5, 5.41) is 13.6. The van der Waals surface area contributed by atoms with Gasteiger partial charge in [-0.1, -0.05) is 115 Å². The van der Waals surface area contributed by atoms with Gasteiger partial charge in [-0.05, 0) is 57.8 Å². The SMILES string of the molecule is CCCCCC/C=C\CCCCCCCC(=O)NC(COP(=O)([O-])OCC[N+](C)(C)C)C(O)/C=C/CC/C=C/CCCCCCC. The molecule has 0 bridgehead atoms. The van der Waals surface area contributed by atoms with E-state index in [1.165, 1.54) is 64.2 Å². The van der Waals surface area contributed by atoms with Gasteiger partial charge in [0, 0.05) is 6.42 Å². The van der Waals surface area contributed by atoms with Gasteiger partial charge in [-0.15, -0.1) is 0 Å². The van der Waals surface area contributed by atoms with Crippen LogP contribution in [0.4, 0.5) is 0 Å². The monoisotopic (exact) mass is 671 g/mol. The minimum absolute atomic E-state index is 0.00858. The van der Waals surface area contributed by atoms with E-state index in [4.69, 9.17) is 9.05 Å². The number of hydrogen-bond donors (Lipinski definition) is 2. The van der Waals surface area contributed by atoms with Gasteiger partial charge in [-0.3, -0.25) is 9.36 Å². The van der Waals surface area contributed by atoms with E-state index in [1.807, 2.05) is 27.2 Å². The standard InChI is InChI=1S/C37H71N2O6P/c1-6-8-10-12-14-16-18-19-21-23-25-27-29-31-37(41)38-35(34-45-46(42,43)44-33-32-39(3,4)5)36(40)30-28-26-24-22-20-17-15-13-11-9-7-2/h16,18,20,22,28,30,35-36,40H,6-15,17,19,21,23-27,29,31-34H2,1-5H3,(H-,38,41,42,43)/b18-16-,22-20+,30-28+. The lowest BCUT2D eigenvalue weighted by atomic mass is 10.1. The third-order valence-electron chi connectivity index (χ3n) is 7.82. The van der Waals surface area contributed by atoms with Crippen molar-refractivity contribution in [1.82, 2.24) is 5.32 Å². The van der Waals surface area contributed by atoms with Crippen molar-refractivity contribution in [3.8, 4) is 0 Å². The molecule has 0 aliphatic rings. The Balaban J connectivity index is 4.63. The van der Waals surface area contributed by atoms with E-state index in [-0.39, 0.29) is 12.5 Å². The Morgan fingerprint density at radius 2 is 1.22 bits per heavy atom. The van der Waals surface area contributed by atoms with Crippen molar-refractivity contribution in [3.05, 3.63) is 36.5 Å². The normalized spacial score (nSPS) is 15.2. The van der Waals surface area contributed by atoms with Crippen molar-refractivity contribution >= 4 is 13.7 Å². The molecule has 0 spiro atoms. The summed E-state index contributed by atoms with van der Waals surface area (Å²) in [6, 6.07) is -0.902. The molecule has 3 unspecified atom stereocenters. The second-order valence-electron chi connectivity index (χ2n) is 13.6. The highest BCUT2D eigenvalue weighted by Crippen LogP contribution is 2.38. The van der Waals surface area contributed by atoms with Gasteiger partial charge < -0.3 is 28.8 Å². The fourth-order valence-electron chi connectivity index (χ4n) is 4.81. The summed E-state index contributed by atoms with van der Waals surface area (Å²) in [7, 11) is 1.23. The van der Waals surface area contributed by atoms with Crippen molar-refractivity contribution in [2.24, 2.45) is 0 Å². The first-order valence-corrected chi connectivity index (χ1v) is 19.8. The van der Waals surface area contributed by atoms with Crippen molar-refractivity contribution in [2.45, 2.75) is 154 Å². The van der Waals surface area contributed by atoms with Gasteiger partial charge in [0.25, 0.3) is 7.82 Å². The van der Waals surface area contributed by atoms with E-state index in [2.05, 4.69) is 43.5 Å². The minimum Gasteiger partial charge on any atom is -0.756 e. The predicted octanol–water partition coefficient (Wildman–Crippen LogP) is 8.55. The lowest BCUT2D eigenvalue weighted by Gasteiger charge is -2.29. The number of rotatable bonds is 32. The summed E-state index contributed by atoms with van der Waals surface area (Å²) in [6.45, 7) is 4.54. The molecule has 0 heterocycles. The summed E-state index contributed by atoms with van der Waals surface area (Å²) in [6.07, 6.45) is 33.3. The molecule has 270 valence electrons. The molecule has 0 aromatic rings. The fourth-order valence-corrected chi connectivity index (χ4v) is 5.53. The maximum Gasteiger partial charge on any atom is 0.268 e. The number of hydrogen-bond acceptors (Lipinski definition) is 6. The number of aliphatic hydroxyl groups excluding tert-OH is 1. The van der Waals surface area contributed by atoms with Gasteiger partial charge in [0.2, 0.25) is 5.91 Å². The molecule has 8 nitrogen and oxygen atoms in total. The largest absolute Gasteiger partial charge is 0.756 e. The summed E-state index contributed by atoms with van der Waals surface area (Å²) < 4.78 is 23.0. The van der Waals surface area contributed by atoms with Crippen LogP contribution in [0.3, 0.4) is 0 Å². The van der Waals surface area contributed by atoms with Crippen LogP contribution < -0.4 is 10.2 Å². The van der Waals surface area contributed by atoms with Crippen molar-refractivity contribution in [3.63, 3.8) is 0 Å². The Labute approximate surface area is 283 Å². The molecule has 0 radical (unpaired) electrons. The number of nitrogens with zero attached hydrogens (tertiary/aromatic N) is 1. The molecule has 2 N–H and O–H groups in total. The van der Waals surface area contributed by atoms with Gasteiger partial charge in [0.15, 0.2) is 0 Å². The van der Waals surface area contributed by atoms with Crippen molar-refractivity contribution in [2.75, 3.05) is 40.9 Å². The summed E-state index contributed by atoms with van der Waals surface area (Å²) in [5.74, 6) is -0.222. The summed E-state index contributed by atoms with van der Waals surface area (Å²) in [5.41, 5.74) is 0. The maximum atomic E-state index is 12.7. The third kappa shape index (κ3) is 31.3. The van der Waals surface area contributed by atoms with Crippen LogP contribution in [0.2, 0.25) is 0 Å². The highest BCUT2D eigenvalue weighted by Gasteiger charge is 2.23. The van der Waals surface area contributed by atoms with Gasteiger partial charge in [-0.25, -0.2) is 0 Å². The Morgan fingerprint density at radius 3 is 1.78 bits per heavy atom. The maximum absolute atomic E-state index is 12.7. The van der Waals surface area contributed by atoms with Crippen molar-refractivity contribution in [1.29, 1.82) is 0 Å². The van der Waals surface area contributed by atoms with E-state index >= 15 is 0 Å². The van der Waals surface area contributed by atoms with Crippen LogP contribution in [0.25, 0.3) is 0 Å². The average Bonchev–Trinajstić information content (AvgIpc) is 2.99. The minimum atomic E-state index is -4.58. The second kappa shape index (κ2) is 29.8. The molecule has 0 fully saturated rings. The zero-order valence-corrected chi connectivity index (χ0v) is 31.2. The topological polar surface area (TPSA) is 108 Å². The average molecular weight is 671 g/mol. The lowest BCUT2D eigenvalue weighted by Crippen LogP contribution is -2.45. The first kappa shape index (κ1) is 44.7. The number of phosphoric acid groups is 1. The van der Waals surface area contributed by atoms with Gasteiger partial charge >= 0.3 is 0 Å². The Bertz CT molecular complexity index is 855. The third-order valence-corrected chi connectivity index (χ3v) is 8.79. The molecular weight excluding hydrogens is 599 g/mol. The van der Waals surface area contributed by atoms with Crippen LogP contribution in [-0.4, -0.2) is 68.5 Å². The Kier molecular flexibility index (Phi) is 29.0. The van der Waals surface area contributed by atoms with Crippen LogP contribution in [0.5, 0.6) is 0 Å². The predicted molar refractivity (Wildman–Crippen MR) is 191 cm³/mol. The number of carbonyl (C=O) groups excluding carboxylic acids is 1. The fraction of sp³-hybridized carbons (Fsp3) is 0.811. The quantitative estimate of drug-likeness (QED) is 0.0321. The highest BCUT2D eigenvalue weighted by molar-refractivity contribution is 7.45. The number of likely N-dealkylation sites (N-methyl/N-ethyl adjacent to an activating group) is 1. The van der Waals surface area contributed by atoms with E-state index < -0.39 is 26.6 Å². The number of aliphatic hydroxyl groups is 1. The molecule has 0 aromatic carbocycles. The van der Waals surface area contributed by atoms with E-state index in [9.17, 15) is 19.4 Å².